The normalized spacial score (nSPS) is 43.2. The molecule has 4 nitrogen and oxygen atoms in total. The van der Waals surface area contributed by atoms with Crippen LogP contribution in [0.4, 0.5) is 9.18 Å². The third kappa shape index (κ3) is 1.60. The number of rotatable bonds is 1. The molecule has 0 aromatic rings. The van der Waals surface area contributed by atoms with Gasteiger partial charge in [0.2, 0.25) is 0 Å². The zero-order chi connectivity index (χ0) is 9.42. The fourth-order valence-corrected chi connectivity index (χ4v) is 2.30. The van der Waals surface area contributed by atoms with Crippen LogP contribution in [0.5, 0.6) is 0 Å². The molecule has 74 valence electrons. The minimum atomic E-state index is -1.13. The lowest BCUT2D eigenvalue weighted by molar-refractivity contribution is 0.140. The molecule has 0 saturated carbocycles. The van der Waals surface area contributed by atoms with E-state index in [2.05, 4.69) is 10.6 Å². The molecular formula is C8H13FN2O2. The van der Waals surface area contributed by atoms with Crippen LogP contribution in [0.25, 0.3) is 0 Å². The molecule has 5 heteroatoms. The number of halogens is 1. The van der Waals surface area contributed by atoms with Crippen LogP contribution in [0.2, 0.25) is 0 Å². The molecule has 2 rings (SSSR count). The van der Waals surface area contributed by atoms with Crippen LogP contribution < -0.4 is 10.6 Å². The van der Waals surface area contributed by atoms with E-state index in [0.29, 0.717) is 12.5 Å². The van der Waals surface area contributed by atoms with Crippen molar-refractivity contribution in [1.29, 1.82) is 0 Å². The van der Waals surface area contributed by atoms with Gasteiger partial charge in [-0.2, -0.15) is 0 Å². The quantitative estimate of drug-likeness (QED) is 0.561. The maximum atomic E-state index is 13.5. The molecule has 0 radical (unpaired) electrons. The first-order valence-electron chi connectivity index (χ1n) is 4.56. The summed E-state index contributed by atoms with van der Waals surface area (Å²) in [5, 5.41) is 13.8. The molecule has 0 unspecified atom stereocenters. The smallest absolute Gasteiger partial charge is 0.404 e. The number of carboxylic acid groups (broad SMARTS) is 1. The Labute approximate surface area is 75.5 Å². The third-order valence-electron chi connectivity index (χ3n) is 2.89. The summed E-state index contributed by atoms with van der Waals surface area (Å²) in [6.07, 6.45) is 0.153. The zero-order valence-corrected chi connectivity index (χ0v) is 7.16. The summed E-state index contributed by atoms with van der Waals surface area (Å²) >= 11 is 0. The first-order chi connectivity index (χ1) is 6.16. The van der Waals surface area contributed by atoms with Crippen LogP contribution in [0, 0.1) is 0 Å². The fourth-order valence-electron chi connectivity index (χ4n) is 2.30. The van der Waals surface area contributed by atoms with Crippen molar-refractivity contribution in [2.75, 3.05) is 0 Å². The van der Waals surface area contributed by atoms with Crippen molar-refractivity contribution in [3.63, 3.8) is 0 Å². The second-order valence-corrected chi connectivity index (χ2v) is 3.78. The van der Waals surface area contributed by atoms with Gasteiger partial charge < -0.3 is 15.7 Å². The van der Waals surface area contributed by atoms with E-state index in [9.17, 15) is 9.18 Å². The predicted octanol–water partition coefficient (Wildman–Crippen LogP) is 0.485. The molecule has 2 fully saturated rings. The Balaban J connectivity index is 2.00. The van der Waals surface area contributed by atoms with E-state index in [1.807, 2.05) is 0 Å². The molecule has 1 amide bonds. The number of nitrogens with one attached hydrogen (secondary N) is 2. The lowest BCUT2D eigenvalue weighted by Gasteiger charge is -2.32. The first-order valence-corrected chi connectivity index (χ1v) is 4.56. The summed E-state index contributed by atoms with van der Waals surface area (Å²) in [6, 6.07) is -0.360. The van der Waals surface area contributed by atoms with Gasteiger partial charge in [-0.1, -0.05) is 0 Å². The number of fused-ring (bicyclic) bond motifs is 2. The molecule has 2 heterocycles. The van der Waals surface area contributed by atoms with Crippen LogP contribution in [-0.4, -0.2) is 35.5 Å². The average Bonchev–Trinajstić information content (AvgIpc) is 2.44. The Bertz CT molecular complexity index is 224. The van der Waals surface area contributed by atoms with Crippen molar-refractivity contribution in [2.24, 2.45) is 0 Å². The van der Waals surface area contributed by atoms with Gasteiger partial charge in [0.05, 0.1) is 6.04 Å². The monoisotopic (exact) mass is 188 g/mol. The Hall–Kier alpha value is -0.840. The molecule has 13 heavy (non-hydrogen) atoms. The Morgan fingerprint density at radius 2 is 2.31 bits per heavy atom. The average molecular weight is 188 g/mol. The number of amides is 1. The molecule has 4 atom stereocenters. The number of hydrogen-bond donors (Lipinski definition) is 3. The van der Waals surface area contributed by atoms with E-state index in [4.69, 9.17) is 5.11 Å². The van der Waals surface area contributed by atoms with Crippen LogP contribution in [-0.2, 0) is 0 Å². The highest BCUT2D eigenvalue weighted by molar-refractivity contribution is 5.65. The minimum absolute atomic E-state index is 0.143. The summed E-state index contributed by atoms with van der Waals surface area (Å²) < 4.78 is 13.5. The third-order valence-corrected chi connectivity index (χ3v) is 2.89. The maximum Gasteiger partial charge on any atom is 0.404 e. The van der Waals surface area contributed by atoms with E-state index in [1.54, 1.807) is 0 Å². The van der Waals surface area contributed by atoms with E-state index < -0.39 is 18.3 Å². The molecule has 2 bridgehead atoms. The topological polar surface area (TPSA) is 61.4 Å². The highest BCUT2D eigenvalue weighted by Crippen LogP contribution is 2.29. The second kappa shape index (κ2) is 3.14. The van der Waals surface area contributed by atoms with Crippen LogP contribution in [0.1, 0.15) is 19.3 Å². The van der Waals surface area contributed by atoms with Crippen molar-refractivity contribution in [2.45, 2.75) is 43.6 Å². The number of carbonyl (C=O) groups is 1. The largest absolute Gasteiger partial charge is 0.465 e. The Kier molecular flexibility index (Phi) is 2.11. The number of piperidine rings is 1. The van der Waals surface area contributed by atoms with Gasteiger partial charge in [0.25, 0.3) is 0 Å². The molecule has 2 aliphatic heterocycles. The van der Waals surface area contributed by atoms with E-state index in [-0.39, 0.29) is 6.04 Å². The SMILES string of the molecule is O=C(O)N[C@@H]1C[C@@H]2CC[C@@H](N2)[C@H]1F. The minimum Gasteiger partial charge on any atom is -0.465 e. The van der Waals surface area contributed by atoms with Gasteiger partial charge in [-0.3, -0.25) is 0 Å². The van der Waals surface area contributed by atoms with Gasteiger partial charge in [0.15, 0.2) is 0 Å². The Morgan fingerprint density at radius 3 is 3.00 bits per heavy atom. The number of alkyl halides is 1. The highest BCUT2D eigenvalue weighted by atomic mass is 19.1. The molecule has 0 aromatic heterocycles. The van der Waals surface area contributed by atoms with Crippen molar-refractivity contribution in [3.05, 3.63) is 0 Å². The molecule has 2 aliphatic rings. The van der Waals surface area contributed by atoms with Crippen molar-refractivity contribution in [1.82, 2.24) is 10.6 Å². The molecule has 0 aliphatic carbocycles. The standard InChI is InChI=1S/C8H13FN2O2/c9-7-5-2-1-4(10-5)3-6(7)11-8(12)13/h4-7,10-11H,1-3H2,(H,12,13)/t4-,5+,6+,7+/m0/s1. The van der Waals surface area contributed by atoms with Crippen LogP contribution >= 0.6 is 0 Å². The van der Waals surface area contributed by atoms with E-state index >= 15 is 0 Å². The summed E-state index contributed by atoms with van der Waals surface area (Å²) in [5.74, 6) is 0. The lowest BCUT2D eigenvalue weighted by Crippen LogP contribution is -2.55. The molecule has 3 N–H and O–H groups in total. The molecule has 2 saturated heterocycles. The lowest BCUT2D eigenvalue weighted by atomic mass is 9.98. The van der Waals surface area contributed by atoms with Gasteiger partial charge in [-0.05, 0) is 19.3 Å². The summed E-state index contributed by atoms with van der Waals surface area (Å²) in [6.45, 7) is 0. The summed E-state index contributed by atoms with van der Waals surface area (Å²) in [4.78, 5) is 10.3. The maximum absolute atomic E-state index is 13.5. The van der Waals surface area contributed by atoms with E-state index in [1.165, 1.54) is 0 Å². The van der Waals surface area contributed by atoms with Gasteiger partial charge in [-0.25, -0.2) is 9.18 Å². The van der Waals surface area contributed by atoms with Crippen LogP contribution in [0.3, 0.4) is 0 Å². The van der Waals surface area contributed by atoms with Crippen LogP contribution in [0.15, 0.2) is 0 Å². The van der Waals surface area contributed by atoms with Gasteiger partial charge in [0.1, 0.15) is 6.17 Å². The van der Waals surface area contributed by atoms with Crippen molar-refractivity contribution >= 4 is 6.09 Å². The van der Waals surface area contributed by atoms with Gasteiger partial charge >= 0.3 is 6.09 Å². The van der Waals surface area contributed by atoms with E-state index in [0.717, 1.165) is 12.8 Å². The second-order valence-electron chi connectivity index (χ2n) is 3.78. The molecule has 0 spiro atoms. The molecular weight excluding hydrogens is 175 g/mol. The fraction of sp³-hybridized carbons (Fsp3) is 0.875. The molecule has 0 aromatic carbocycles. The Morgan fingerprint density at radius 1 is 1.54 bits per heavy atom. The summed E-state index contributed by atoms with van der Waals surface area (Å²) in [5.41, 5.74) is 0. The van der Waals surface area contributed by atoms with Gasteiger partial charge in [-0.15, -0.1) is 0 Å². The van der Waals surface area contributed by atoms with Gasteiger partial charge in [0, 0.05) is 12.1 Å². The number of hydrogen-bond acceptors (Lipinski definition) is 2. The predicted molar refractivity (Wildman–Crippen MR) is 44.4 cm³/mol. The zero-order valence-electron chi connectivity index (χ0n) is 7.16. The van der Waals surface area contributed by atoms with Crippen molar-refractivity contribution in [3.8, 4) is 0 Å². The summed E-state index contributed by atoms with van der Waals surface area (Å²) in [7, 11) is 0. The highest BCUT2D eigenvalue weighted by Gasteiger charge is 2.42. The van der Waals surface area contributed by atoms with Crippen molar-refractivity contribution < 1.29 is 14.3 Å². The first kappa shape index (κ1) is 8.74.